The van der Waals surface area contributed by atoms with Crippen molar-refractivity contribution >= 4 is 40.8 Å². The first kappa shape index (κ1) is 18.7. The maximum Gasteiger partial charge on any atom is 0.354 e. The van der Waals surface area contributed by atoms with E-state index in [1.54, 1.807) is 35.0 Å². The molecule has 0 bridgehead atoms. The zero-order valence-electron chi connectivity index (χ0n) is 13.7. The fourth-order valence-electron chi connectivity index (χ4n) is 2.73. The van der Waals surface area contributed by atoms with Gasteiger partial charge >= 0.3 is 5.97 Å². The molecule has 134 valence electrons. The van der Waals surface area contributed by atoms with Gasteiger partial charge in [0, 0.05) is 28.0 Å². The van der Waals surface area contributed by atoms with E-state index in [1.807, 2.05) is 6.92 Å². The number of aromatic carboxylic acids is 1. The van der Waals surface area contributed by atoms with Crippen LogP contribution in [0.3, 0.4) is 0 Å². The van der Waals surface area contributed by atoms with E-state index in [1.165, 1.54) is 6.20 Å². The second-order valence-corrected chi connectivity index (χ2v) is 6.88. The summed E-state index contributed by atoms with van der Waals surface area (Å²) >= 11 is 18.4. The van der Waals surface area contributed by atoms with Crippen LogP contribution in [-0.2, 0) is 13.0 Å². The van der Waals surface area contributed by atoms with Crippen molar-refractivity contribution in [1.29, 1.82) is 0 Å². The van der Waals surface area contributed by atoms with Crippen LogP contribution in [0.1, 0.15) is 28.7 Å². The van der Waals surface area contributed by atoms with Gasteiger partial charge in [-0.2, -0.15) is 0 Å². The average molecular weight is 411 g/mol. The first-order valence-electron chi connectivity index (χ1n) is 7.78. The maximum atomic E-state index is 11.9. The number of halogens is 3. The van der Waals surface area contributed by atoms with Gasteiger partial charge in [0.25, 0.3) is 0 Å². The normalized spacial score (nSPS) is 10.9. The monoisotopic (exact) mass is 409 g/mol. The number of aryl methyl sites for hydroxylation is 1. The third-order valence-electron chi connectivity index (χ3n) is 3.88. The van der Waals surface area contributed by atoms with Crippen LogP contribution in [-0.4, -0.2) is 25.6 Å². The van der Waals surface area contributed by atoms with Crippen LogP contribution in [0.4, 0.5) is 0 Å². The lowest BCUT2D eigenvalue weighted by Gasteiger charge is -2.12. The van der Waals surface area contributed by atoms with Gasteiger partial charge in [0.05, 0.1) is 17.3 Å². The molecule has 0 spiro atoms. The molecule has 0 aliphatic heterocycles. The Morgan fingerprint density at radius 3 is 2.58 bits per heavy atom. The molecule has 3 aromatic rings. The Balaban J connectivity index is 2.22. The molecule has 0 saturated carbocycles. The number of carbonyl (C=O) groups is 1. The van der Waals surface area contributed by atoms with E-state index < -0.39 is 5.97 Å². The minimum Gasteiger partial charge on any atom is -0.477 e. The molecule has 3 rings (SSSR count). The van der Waals surface area contributed by atoms with Crippen LogP contribution in [0.5, 0.6) is 0 Å². The number of carboxylic acid groups (broad SMARTS) is 1. The molecule has 0 fully saturated rings. The molecule has 0 radical (unpaired) electrons. The van der Waals surface area contributed by atoms with Crippen molar-refractivity contribution in [2.75, 3.05) is 0 Å². The van der Waals surface area contributed by atoms with E-state index in [9.17, 15) is 9.90 Å². The molecule has 26 heavy (non-hydrogen) atoms. The molecule has 0 saturated heterocycles. The third-order valence-corrected chi connectivity index (χ3v) is 4.69. The molecule has 0 amide bonds. The smallest absolute Gasteiger partial charge is 0.354 e. The van der Waals surface area contributed by atoms with Gasteiger partial charge in [0.1, 0.15) is 5.82 Å². The van der Waals surface area contributed by atoms with Crippen LogP contribution in [0, 0.1) is 0 Å². The SMILES string of the molecule is CCc1nc(-c2cncc(Cl)c2)n(Cc2cc(Cl)ccc2Cl)c1C(=O)O. The molecule has 0 aliphatic carbocycles. The summed E-state index contributed by atoms with van der Waals surface area (Å²) in [5, 5.41) is 11.2. The lowest BCUT2D eigenvalue weighted by atomic mass is 10.2. The van der Waals surface area contributed by atoms with Crippen molar-refractivity contribution in [1.82, 2.24) is 14.5 Å². The summed E-state index contributed by atoms with van der Waals surface area (Å²) < 4.78 is 1.60. The highest BCUT2D eigenvalue weighted by atomic mass is 35.5. The quantitative estimate of drug-likeness (QED) is 0.626. The first-order chi connectivity index (χ1) is 12.4. The summed E-state index contributed by atoms with van der Waals surface area (Å²) in [4.78, 5) is 20.5. The van der Waals surface area contributed by atoms with Crippen molar-refractivity contribution in [3.05, 3.63) is 68.7 Å². The number of hydrogen-bond acceptors (Lipinski definition) is 3. The summed E-state index contributed by atoms with van der Waals surface area (Å²) in [5.74, 6) is -0.598. The molecule has 0 aliphatic rings. The zero-order valence-corrected chi connectivity index (χ0v) is 16.0. The highest BCUT2D eigenvalue weighted by Crippen LogP contribution is 2.28. The molecular formula is C18H14Cl3N3O2. The fraction of sp³-hybridized carbons (Fsp3) is 0.167. The maximum absolute atomic E-state index is 11.9. The highest BCUT2D eigenvalue weighted by molar-refractivity contribution is 6.33. The largest absolute Gasteiger partial charge is 0.477 e. The van der Waals surface area contributed by atoms with Gasteiger partial charge in [-0.25, -0.2) is 9.78 Å². The summed E-state index contributed by atoms with van der Waals surface area (Å²) in [6, 6.07) is 6.76. The van der Waals surface area contributed by atoms with Gasteiger partial charge in [-0.3, -0.25) is 4.98 Å². The first-order valence-corrected chi connectivity index (χ1v) is 8.91. The van der Waals surface area contributed by atoms with Gasteiger partial charge in [0.15, 0.2) is 5.69 Å². The number of rotatable bonds is 5. The van der Waals surface area contributed by atoms with Crippen molar-refractivity contribution in [3.63, 3.8) is 0 Å². The molecule has 0 unspecified atom stereocenters. The second-order valence-electron chi connectivity index (χ2n) is 5.60. The Kier molecular flexibility index (Phi) is 5.51. The average Bonchev–Trinajstić information content (AvgIpc) is 2.97. The molecule has 5 nitrogen and oxygen atoms in total. The molecule has 1 N–H and O–H groups in total. The summed E-state index contributed by atoms with van der Waals surface area (Å²) in [6.07, 6.45) is 3.57. The minimum absolute atomic E-state index is 0.110. The van der Waals surface area contributed by atoms with E-state index in [0.29, 0.717) is 44.1 Å². The molecule has 2 aromatic heterocycles. The second kappa shape index (κ2) is 7.66. The number of benzene rings is 1. The fourth-order valence-corrected chi connectivity index (χ4v) is 3.28. The van der Waals surface area contributed by atoms with Crippen molar-refractivity contribution in [2.24, 2.45) is 0 Å². The number of nitrogens with zero attached hydrogens (tertiary/aromatic N) is 3. The van der Waals surface area contributed by atoms with Crippen LogP contribution in [0.25, 0.3) is 11.4 Å². The lowest BCUT2D eigenvalue weighted by molar-refractivity contribution is 0.0684. The Morgan fingerprint density at radius 1 is 1.15 bits per heavy atom. The van der Waals surface area contributed by atoms with Gasteiger partial charge < -0.3 is 9.67 Å². The number of aromatic nitrogens is 3. The Morgan fingerprint density at radius 2 is 1.92 bits per heavy atom. The van der Waals surface area contributed by atoms with Gasteiger partial charge in [-0.05, 0) is 36.2 Å². The van der Waals surface area contributed by atoms with E-state index in [0.717, 1.165) is 0 Å². The van der Waals surface area contributed by atoms with Crippen LogP contribution >= 0.6 is 34.8 Å². The highest BCUT2D eigenvalue weighted by Gasteiger charge is 2.23. The van der Waals surface area contributed by atoms with E-state index in [2.05, 4.69) is 9.97 Å². The Labute approximate surface area is 165 Å². The molecule has 0 atom stereocenters. The molecule has 2 heterocycles. The topological polar surface area (TPSA) is 68.0 Å². The summed E-state index contributed by atoms with van der Waals surface area (Å²) in [5.41, 5.74) is 1.90. The standard InChI is InChI=1S/C18H14Cl3N3O2/c1-2-15-16(18(25)26)24(9-11-6-12(19)3-4-14(11)21)17(23-15)10-5-13(20)8-22-7-10/h3-8H,2,9H2,1H3,(H,25,26). The van der Waals surface area contributed by atoms with Crippen LogP contribution < -0.4 is 0 Å². The van der Waals surface area contributed by atoms with Gasteiger partial charge in [0.2, 0.25) is 0 Å². The molecule has 8 heteroatoms. The number of pyridine rings is 1. The van der Waals surface area contributed by atoms with Gasteiger partial charge in [-0.15, -0.1) is 0 Å². The number of imidazole rings is 1. The predicted molar refractivity (Wildman–Crippen MR) is 102 cm³/mol. The van der Waals surface area contributed by atoms with Crippen molar-refractivity contribution < 1.29 is 9.90 Å². The minimum atomic E-state index is -1.06. The van der Waals surface area contributed by atoms with Crippen molar-refractivity contribution in [3.8, 4) is 11.4 Å². The summed E-state index contributed by atoms with van der Waals surface area (Å²) in [7, 11) is 0. The van der Waals surface area contributed by atoms with E-state index >= 15 is 0 Å². The Bertz CT molecular complexity index is 986. The van der Waals surface area contributed by atoms with Crippen molar-refractivity contribution in [2.45, 2.75) is 19.9 Å². The Hall–Kier alpha value is -2.08. The molecule has 1 aromatic carbocycles. The third kappa shape index (κ3) is 3.70. The predicted octanol–water partition coefficient (Wildman–Crippen LogP) is 5.21. The van der Waals surface area contributed by atoms with Gasteiger partial charge in [-0.1, -0.05) is 41.7 Å². The molecular weight excluding hydrogens is 397 g/mol. The van der Waals surface area contributed by atoms with E-state index in [-0.39, 0.29) is 12.2 Å². The number of carboxylic acids is 1. The number of hydrogen-bond donors (Lipinski definition) is 1. The van der Waals surface area contributed by atoms with E-state index in [4.69, 9.17) is 34.8 Å². The van der Waals surface area contributed by atoms with Crippen LogP contribution in [0.2, 0.25) is 15.1 Å². The lowest BCUT2D eigenvalue weighted by Crippen LogP contribution is -2.12. The van der Waals surface area contributed by atoms with Crippen LogP contribution in [0.15, 0.2) is 36.7 Å². The zero-order chi connectivity index (χ0) is 18.8. The summed E-state index contributed by atoms with van der Waals surface area (Å²) in [6.45, 7) is 2.06.